The maximum Gasteiger partial charge on any atom is 0.330 e. The zero-order valence-corrected chi connectivity index (χ0v) is 12.3. The maximum absolute atomic E-state index is 12.1. The average Bonchev–Trinajstić information content (AvgIpc) is 2.51. The lowest BCUT2D eigenvalue weighted by atomic mass is 10.1. The molecule has 8 heteroatoms. The molecule has 22 heavy (non-hydrogen) atoms. The molecule has 0 saturated heterocycles. The van der Waals surface area contributed by atoms with Crippen LogP contribution in [0.1, 0.15) is 17.3 Å². The fourth-order valence-electron chi connectivity index (χ4n) is 1.64. The fourth-order valence-corrected chi connectivity index (χ4v) is 1.64. The molecule has 0 atom stereocenters. The lowest BCUT2D eigenvalue weighted by Crippen LogP contribution is -2.05. The predicted molar refractivity (Wildman–Crippen MR) is 76.3 cm³/mol. The Bertz CT molecular complexity index is 622. The number of carbonyl (C=O) groups is 2. The minimum Gasteiger partial charge on any atom is -0.493 e. The number of allylic oxidation sites excluding steroid dienone is 1. The number of carbonyl (C=O) groups excluding carboxylic acids is 2. The van der Waals surface area contributed by atoms with Crippen molar-refractivity contribution in [1.82, 2.24) is 0 Å². The number of nitrogens with zero attached hydrogens (tertiary/aromatic N) is 1. The first kappa shape index (κ1) is 17.2. The zero-order chi connectivity index (χ0) is 16.7. The third-order valence-corrected chi connectivity index (χ3v) is 2.62. The molecule has 0 amide bonds. The van der Waals surface area contributed by atoms with E-state index in [1.54, 1.807) is 6.92 Å². The molecule has 0 fully saturated rings. The van der Waals surface area contributed by atoms with Crippen LogP contribution in [0.4, 0.5) is 5.69 Å². The summed E-state index contributed by atoms with van der Waals surface area (Å²) >= 11 is 0. The number of ether oxygens (including phenoxy) is 3. The fraction of sp³-hybridized carbons (Fsp3) is 0.286. The number of hydrogen-bond acceptors (Lipinski definition) is 7. The van der Waals surface area contributed by atoms with Gasteiger partial charge in [-0.1, -0.05) is 0 Å². The molecule has 0 aliphatic heterocycles. The first-order chi connectivity index (χ1) is 10.4. The summed E-state index contributed by atoms with van der Waals surface area (Å²) < 4.78 is 14.6. The van der Waals surface area contributed by atoms with Gasteiger partial charge in [-0.2, -0.15) is 0 Å². The van der Waals surface area contributed by atoms with Crippen molar-refractivity contribution in [2.75, 3.05) is 20.8 Å². The number of nitro groups is 1. The summed E-state index contributed by atoms with van der Waals surface area (Å²) in [6.07, 6.45) is 1.82. The maximum atomic E-state index is 12.1. The van der Waals surface area contributed by atoms with Crippen molar-refractivity contribution in [2.45, 2.75) is 6.92 Å². The summed E-state index contributed by atoms with van der Waals surface area (Å²) in [5.74, 6) is -1.14. The van der Waals surface area contributed by atoms with Crippen LogP contribution < -0.4 is 9.47 Å². The Morgan fingerprint density at radius 1 is 1.18 bits per heavy atom. The van der Waals surface area contributed by atoms with E-state index in [4.69, 9.17) is 9.47 Å². The minimum absolute atomic E-state index is 0.125. The van der Waals surface area contributed by atoms with Crippen LogP contribution in [-0.4, -0.2) is 37.5 Å². The van der Waals surface area contributed by atoms with Gasteiger partial charge in [0.2, 0.25) is 0 Å². The second-order valence-corrected chi connectivity index (χ2v) is 3.93. The Kier molecular flexibility index (Phi) is 6.06. The quantitative estimate of drug-likeness (QED) is 0.249. The van der Waals surface area contributed by atoms with Crippen molar-refractivity contribution in [3.63, 3.8) is 0 Å². The molecule has 0 radical (unpaired) electrons. The second kappa shape index (κ2) is 7.77. The molecule has 0 aliphatic carbocycles. The summed E-state index contributed by atoms with van der Waals surface area (Å²) in [6, 6.07) is 2.28. The van der Waals surface area contributed by atoms with E-state index >= 15 is 0 Å². The molecule has 0 bridgehead atoms. The summed E-state index contributed by atoms with van der Waals surface area (Å²) in [7, 11) is 2.66. The van der Waals surface area contributed by atoms with Gasteiger partial charge < -0.3 is 14.2 Å². The van der Waals surface area contributed by atoms with Gasteiger partial charge in [0.15, 0.2) is 17.3 Å². The second-order valence-electron chi connectivity index (χ2n) is 3.93. The summed E-state index contributed by atoms with van der Waals surface area (Å²) in [5, 5.41) is 11.1. The molecule has 0 aromatic heterocycles. The molecule has 118 valence electrons. The zero-order valence-electron chi connectivity index (χ0n) is 12.3. The van der Waals surface area contributed by atoms with Crippen LogP contribution >= 0.6 is 0 Å². The molecular formula is C14H15NO7. The van der Waals surface area contributed by atoms with Gasteiger partial charge in [0, 0.05) is 12.1 Å². The molecule has 0 spiro atoms. The van der Waals surface area contributed by atoms with Gasteiger partial charge in [-0.3, -0.25) is 14.9 Å². The van der Waals surface area contributed by atoms with E-state index in [1.165, 1.54) is 20.3 Å². The molecule has 8 nitrogen and oxygen atoms in total. The highest BCUT2D eigenvalue weighted by Gasteiger charge is 2.23. The standard InChI is InChI=1S/C14H15NO7/c1-4-22-14(17)6-5-11(16)9-7-12(20-2)13(21-3)8-10(9)15(18)19/h5-8H,4H2,1-3H3/b6-5+. The van der Waals surface area contributed by atoms with E-state index in [0.29, 0.717) is 0 Å². The molecule has 0 heterocycles. The topological polar surface area (TPSA) is 105 Å². The van der Waals surface area contributed by atoms with Crippen LogP contribution in [0.5, 0.6) is 11.5 Å². The summed E-state index contributed by atoms with van der Waals surface area (Å²) in [5.41, 5.74) is -0.667. The predicted octanol–water partition coefficient (Wildman–Crippen LogP) is 1.91. The number of methoxy groups -OCH3 is 2. The lowest BCUT2D eigenvalue weighted by molar-refractivity contribution is -0.385. The van der Waals surface area contributed by atoms with Gasteiger partial charge in [-0.15, -0.1) is 0 Å². The van der Waals surface area contributed by atoms with Crippen molar-refractivity contribution >= 4 is 17.4 Å². The van der Waals surface area contributed by atoms with Crippen molar-refractivity contribution < 1.29 is 28.7 Å². The minimum atomic E-state index is -0.722. The molecule has 0 saturated carbocycles. The molecule has 0 unspecified atom stereocenters. The third kappa shape index (κ3) is 4.05. The molecular weight excluding hydrogens is 294 g/mol. The monoisotopic (exact) mass is 309 g/mol. The third-order valence-electron chi connectivity index (χ3n) is 2.62. The van der Waals surface area contributed by atoms with Gasteiger partial charge >= 0.3 is 5.97 Å². The van der Waals surface area contributed by atoms with E-state index < -0.39 is 22.4 Å². The van der Waals surface area contributed by atoms with Gasteiger partial charge in [-0.25, -0.2) is 4.79 Å². The van der Waals surface area contributed by atoms with E-state index in [1.807, 2.05) is 0 Å². The van der Waals surface area contributed by atoms with Gasteiger partial charge in [0.1, 0.15) is 5.56 Å². The number of rotatable bonds is 7. The SMILES string of the molecule is CCOC(=O)/C=C/C(=O)c1cc(OC)c(OC)cc1[N+](=O)[O-]. The Morgan fingerprint density at radius 2 is 1.77 bits per heavy atom. The van der Waals surface area contributed by atoms with Gasteiger partial charge in [-0.05, 0) is 13.0 Å². The Hall–Kier alpha value is -2.90. The summed E-state index contributed by atoms with van der Waals surface area (Å²) in [4.78, 5) is 33.6. The van der Waals surface area contributed by atoms with Gasteiger partial charge in [0.25, 0.3) is 5.69 Å². The van der Waals surface area contributed by atoms with Gasteiger partial charge in [0.05, 0.1) is 31.8 Å². The summed E-state index contributed by atoms with van der Waals surface area (Å²) in [6.45, 7) is 1.78. The van der Waals surface area contributed by atoms with E-state index in [-0.39, 0.29) is 23.7 Å². The van der Waals surface area contributed by atoms with Crippen molar-refractivity contribution in [1.29, 1.82) is 0 Å². The van der Waals surface area contributed by atoms with Crippen LogP contribution in [0.2, 0.25) is 0 Å². The Morgan fingerprint density at radius 3 is 2.27 bits per heavy atom. The van der Waals surface area contributed by atoms with Crippen LogP contribution in [0.3, 0.4) is 0 Å². The molecule has 1 aromatic rings. The lowest BCUT2D eigenvalue weighted by Gasteiger charge is -2.09. The first-order valence-corrected chi connectivity index (χ1v) is 6.24. The van der Waals surface area contributed by atoms with Crippen LogP contribution in [0.25, 0.3) is 0 Å². The van der Waals surface area contributed by atoms with Crippen molar-refractivity contribution in [2.24, 2.45) is 0 Å². The van der Waals surface area contributed by atoms with E-state index in [0.717, 1.165) is 18.2 Å². The van der Waals surface area contributed by atoms with E-state index in [9.17, 15) is 19.7 Å². The molecule has 0 aliphatic rings. The normalized spacial score (nSPS) is 10.3. The Balaban J connectivity index is 3.24. The van der Waals surface area contributed by atoms with Crippen LogP contribution in [0.15, 0.2) is 24.3 Å². The first-order valence-electron chi connectivity index (χ1n) is 6.24. The highest BCUT2D eigenvalue weighted by atomic mass is 16.6. The number of esters is 1. The number of hydrogen-bond donors (Lipinski definition) is 0. The number of ketones is 1. The Labute approximate surface area is 126 Å². The van der Waals surface area contributed by atoms with Crippen molar-refractivity contribution in [3.05, 3.63) is 40.0 Å². The molecule has 0 N–H and O–H groups in total. The molecule has 1 rings (SSSR count). The number of benzene rings is 1. The smallest absolute Gasteiger partial charge is 0.330 e. The van der Waals surface area contributed by atoms with Crippen LogP contribution in [0, 0.1) is 10.1 Å². The number of nitro benzene ring substituents is 1. The highest BCUT2D eigenvalue weighted by molar-refractivity contribution is 6.10. The van der Waals surface area contributed by atoms with E-state index in [2.05, 4.69) is 4.74 Å². The largest absolute Gasteiger partial charge is 0.493 e. The molecule has 1 aromatic carbocycles. The van der Waals surface area contributed by atoms with Crippen LogP contribution in [-0.2, 0) is 9.53 Å². The highest BCUT2D eigenvalue weighted by Crippen LogP contribution is 2.34. The average molecular weight is 309 g/mol. The van der Waals surface area contributed by atoms with Crippen molar-refractivity contribution in [3.8, 4) is 11.5 Å².